The Bertz CT molecular complexity index is 1120. The monoisotopic (exact) mass is 597 g/mol. The molecule has 7 nitrogen and oxygen atoms in total. The number of rotatable bonds is 4. The number of ether oxygens (including phenoxy) is 3. The average molecular weight is 598 g/mol. The van der Waals surface area contributed by atoms with Crippen molar-refractivity contribution in [1.82, 2.24) is 4.90 Å². The van der Waals surface area contributed by atoms with Crippen molar-refractivity contribution in [2.45, 2.75) is 110 Å². The van der Waals surface area contributed by atoms with E-state index in [4.69, 9.17) is 14.2 Å². The number of Topliss-reactive ketones (excluding diaryl/α,β-unsaturated/α-hetero) is 1. The number of benzene rings is 1. The van der Waals surface area contributed by atoms with E-state index in [0.29, 0.717) is 39.9 Å². The molecule has 0 unspecified atom stereocenters. The fraction of sp³-hybridized carbons (Fsp3) is 0.778. The van der Waals surface area contributed by atoms with E-state index in [1.54, 1.807) is 33.5 Å². The summed E-state index contributed by atoms with van der Waals surface area (Å²) in [5.74, 6) is 5.08. The van der Waals surface area contributed by atoms with Crippen LogP contribution in [0.15, 0.2) is 12.1 Å². The molecule has 5 fully saturated rings. The summed E-state index contributed by atoms with van der Waals surface area (Å²) >= 11 is 0. The predicted molar refractivity (Wildman–Crippen MR) is 168 cm³/mol. The van der Waals surface area contributed by atoms with E-state index in [1.165, 1.54) is 51.4 Å². The maximum atomic E-state index is 12.8. The van der Waals surface area contributed by atoms with E-state index < -0.39 is 0 Å². The first-order chi connectivity index (χ1) is 20.7. The summed E-state index contributed by atoms with van der Waals surface area (Å²) in [6.07, 6.45) is 15.8. The molecule has 1 aromatic carbocycles. The van der Waals surface area contributed by atoms with Crippen LogP contribution in [0.25, 0.3) is 0 Å². The molecule has 0 spiro atoms. The molecular weight excluding hydrogens is 542 g/mol. The van der Waals surface area contributed by atoms with Gasteiger partial charge in [0.15, 0.2) is 11.5 Å². The number of carbonyl (C=O) groups excluding carboxylic acids is 2. The van der Waals surface area contributed by atoms with Crippen LogP contribution < -0.4 is 14.2 Å². The lowest BCUT2D eigenvalue weighted by Crippen LogP contribution is -2.54. The Kier molecular flexibility index (Phi) is 9.99. The van der Waals surface area contributed by atoms with E-state index >= 15 is 0 Å². The fourth-order valence-corrected chi connectivity index (χ4v) is 9.86. The lowest BCUT2D eigenvalue weighted by Gasteiger charge is -2.60. The van der Waals surface area contributed by atoms with Crippen molar-refractivity contribution < 1.29 is 28.9 Å². The van der Waals surface area contributed by atoms with Gasteiger partial charge in [0, 0.05) is 31.5 Å². The van der Waals surface area contributed by atoms with Gasteiger partial charge in [-0.05, 0) is 104 Å². The zero-order valence-electron chi connectivity index (χ0n) is 27.3. The van der Waals surface area contributed by atoms with Crippen LogP contribution in [-0.4, -0.2) is 62.2 Å². The van der Waals surface area contributed by atoms with Crippen molar-refractivity contribution in [3.63, 3.8) is 0 Å². The Balaban J connectivity index is 0.000000171. The summed E-state index contributed by atoms with van der Waals surface area (Å²) in [7, 11) is 4.67. The molecule has 0 bridgehead atoms. The summed E-state index contributed by atoms with van der Waals surface area (Å²) in [6, 6.07) is 3.45. The Labute approximate surface area is 259 Å². The number of likely N-dealkylation sites (tertiary alicyclic amines) is 1. The van der Waals surface area contributed by atoms with Crippen molar-refractivity contribution in [3.8, 4) is 17.2 Å². The topological polar surface area (TPSA) is 85.3 Å². The highest BCUT2D eigenvalue weighted by Gasteiger charge is 2.60. The molecule has 240 valence electrons. The first-order valence-corrected chi connectivity index (χ1v) is 16.9. The number of ketones is 1. The number of hydrogen-bond acceptors (Lipinski definition) is 6. The molecule has 4 aliphatic carbocycles. The van der Waals surface area contributed by atoms with Gasteiger partial charge in [0.25, 0.3) is 5.91 Å². The van der Waals surface area contributed by atoms with Gasteiger partial charge < -0.3 is 24.2 Å². The minimum Gasteiger partial charge on any atom is -0.493 e. The van der Waals surface area contributed by atoms with E-state index in [1.807, 2.05) is 4.90 Å². The molecule has 0 aromatic heterocycles. The largest absolute Gasteiger partial charge is 0.493 e. The molecule has 43 heavy (non-hydrogen) atoms. The van der Waals surface area contributed by atoms with Gasteiger partial charge >= 0.3 is 0 Å². The number of aliphatic hydroxyl groups is 1. The minimum atomic E-state index is -0.0677. The lowest BCUT2D eigenvalue weighted by molar-refractivity contribution is -0.141. The number of methoxy groups -OCH3 is 3. The zero-order chi connectivity index (χ0) is 30.8. The molecule has 4 saturated carbocycles. The lowest BCUT2D eigenvalue weighted by atomic mass is 9.45. The van der Waals surface area contributed by atoms with Crippen molar-refractivity contribution in [2.75, 3.05) is 34.4 Å². The van der Waals surface area contributed by atoms with E-state index in [0.717, 1.165) is 69.4 Å². The van der Waals surface area contributed by atoms with Crippen molar-refractivity contribution in [2.24, 2.45) is 34.5 Å². The molecule has 0 radical (unpaired) electrons. The van der Waals surface area contributed by atoms with Gasteiger partial charge in [0.1, 0.15) is 5.78 Å². The second-order valence-corrected chi connectivity index (χ2v) is 14.5. The van der Waals surface area contributed by atoms with E-state index in [9.17, 15) is 14.7 Å². The smallest absolute Gasteiger partial charge is 0.254 e. The summed E-state index contributed by atoms with van der Waals surface area (Å²) in [4.78, 5) is 26.6. The second-order valence-electron chi connectivity index (χ2n) is 14.5. The first kappa shape index (κ1) is 32.1. The van der Waals surface area contributed by atoms with Gasteiger partial charge in [-0.2, -0.15) is 0 Å². The van der Waals surface area contributed by atoms with Gasteiger partial charge in [-0.3, -0.25) is 9.59 Å². The predicted octanol–water partition coefficient (Wildman–Crippen LogP) is 7.08. The van der Waals surface area contributed by atoms with Gasteiger partial charge in [0.2, 0.25) is 5.75 Å². The van der Waals surface area contributed by atoms with Crippen molar-refractivity contribution in [3.05, 3.63) is 17.7 Å². The fourth-order valence-electron chi connectivity index (χ4n) is 9.86. The van der Waals surface area contributed by atoms with Crippen LogP contribution in [0.5, 0.6) is 17.2 Å². The highest BCUT2D eigenvalue weighted by Crippen LogP contribution is 2.65. The summed E-state index contributed by atoms with van der Waals surface area (Å²) < 4.78 is 16.0. The van der Waals surface area contributed by atoms with E-state index in [2.05, 4.69) is 13.8 Å². The summed E-state index contributed by atoms with van der Waals surface area (Å²) in [5.41, 5.74) is 1.18. The minimum absolute atomic E-state index is 0.0288. The third-order valence-corrected chi connectivity index (χ3v) is 12.5. The highest BCUT2D eigenvalue weighted by atomic mass is 16.5. The Hall–Kier alpha value is -2.28. The van der Waals surface area contributed by atoms with Gasteiger partial charge in [0.05, 0.1) is 27.4 Å². The Morgan fingerprint density at radius 2 is 1.44 bits per heavy atom. The molecule has 1 saturated heterocycles. The van der Waals surface area contributed by atoms with Crippen LogP contribution in [0.1, 0.15) is 114 Å². The Morgan fingerprint density at radius 3 is 2.07 bits per heavy atom. The molecule has 1 amide bonds. The summed E-state index contributed by atoms with van der Waals surface area (Å²) in [5, 5.41) is 10.5. The molecule has 7 atom stereocenters. The molecule has 1 aliphatic heterocycles. The zero-order valence-corrected chi connectivity index (χ0v) is 27.3. The van der Waals surface area contributed by atoms with Crippen LogP contribution in [-0.2, 0) is 4.79 Å². The van der Waals surface area contributed by atoms with Crippen LogP contribution >= 0.6 is 0 Å². The number of hydrogen-bond donors (Lipinski definition) is 1. The SMILES string of the molecule is COc1cc(C(=O)N2CCCCCCC2)cc(OC)c1OC.C[C@]12CCC(=O)C[C@@H]1CC[C@@H]1[C@@H]2CC[C@]2(C)[C@@H](O)CC[C@@H]12. The van der Waals surface area contributed by atoms with Crippen LogP contribution in [0.4, 0.5) is 0 Å². The quantitative estimate of drug-likeness (QED) is 0.399. The third-order valence-electron chi connectivity index (χ3n) is 12.5. The highest BCUT2D eigenvalue weighted by molar-refractivity contribution is 5.95. The summed E-state index contributed by atoms with van der Waals surface area (Å²) in [6.45, 7) is 6.48. The third kappa shape index (κ3) is 6.17. The van der Waals surface area contributed by atoms with E-state index in [-0.39, 0.29) is 17.4 Å². The first-order valence-electron chi connectivity index (χ1n) is 16.9. The molecule has 6 rings (SSSR count). The standard InChI is InChI=1S/C19H30O2.C17H25NO4/c1-18-9-7-13(20)11-12(18)3-4-14-15-5-6-17(21)19(15,2)10-8-16(14)18;1-20-14-11-13(12-15(21-2)16(14)22-3)17(19)18-9-7-5-4-6-8-10-18/h12,14-17,21H,3-11H2,1-2H3;11-12H,4-10H2,1-3H3/t12-,14-,15-,16-,17-,18-,19-;/m0./s1. The Morgan fingerprint density at radius 1 is 0.814 bits per heavy atom. The van der Waals surface area contributed by atoms with Crippen molar-refractivity contribution in [1.29, 1.82) is 0 Å². The van der Waals surface area contributed by atoms with Gasteiger partial charge in [-0.1, -0.05) is 33.1 Å². The van der Waals surface area contributed by atoms with Gasteiger partial charge in [-0.25, -0.2) is 0 Å². The number of aliphatic hydroxyl groups excluding tert-OH is 1. The second kappa shape index (κ2) is 13.4. The molecule has 7 heteroatoms. The molecular formula is C36H55NO6. The van der Waals surface area contributed by atoms with Crippen LogP contribution in [0.3, 0.4) is 0 Å². The maximum Gasteiger partial charge on any atom is 0.254 e. The number of fused-ring (bicyclic) bond motifs is 5. The normalized spacial score (nSPS) is 35.6. The van der Waals surface area contributed by atoms with Gasteiger partial charge in [-0.15, -0.1) is 0 Å². The molecule has 1 N–H and O–H groups in total. The molecule has 1 aromatic rings. The van der Waals surface area contributed by atoms with Crippen LogP contribution in [0.2, 0.25) is 0 Å². The molecule has 5 aliphatic rings. The number of amides is 1. The van der Waals surface area contributed by atoms with Crippen molar-refractivity contribution >= 4 is 11.7 Å². The molecule has 1 heterocycles. The van der Waals surface area contributed by atoms with Crippen LogP contribution in [0, 0.1) is 34.5 Å². The number of nitrogens with zero attached hydrogens (tertiary/aromatic N) is 1. The maximum absolute atomic E-state index is 12.8. The average Bonchev–Trinajstić information content (AvgIpc) is 3.30. The number of carbonyl (C=O) groups is 2.